The highest BCUT2D eigenvalue weighted by atomic mass is 16.3. The van der Waals surface area contributed by atoms with Crippen molar-refractivity contribution in [2.24, 2.45) is 0 Å². The molecule has 0 aromatic heterocycles. The second-order valence-corrected chi connectivity index (χ2v) is 2.99. The van der Waals surface area contributed by atoms with Crippen LogP contribution in [-0.4, -0.2) is 11.9 Å². The number of hydrogen-bond donors (Lipinski definition) is 1. The largest absolute Gasteiger partial charge is 0.508 e. The van der Waals surface area contributed by atoms with E-state index in [9.17, 15) is 0 Å². The zero-order valence-corrected chi connectivity index (χ0v) is 9.34. The van der Waals surface area contributed by atoms with E-state index in [1.807, 2.05) is 31.1 Å². The summed E-state index contributed by atoms with van der Waals surface area (Å²) in [6.45, 7) is 4.08. The Morgan fingerprint density at radius 1 is 0.812 bits per heavy atom. The molecule has 0 spiro atoms. The molecule has 0 bridgehead atoms. The molecule has 0 aliphatic heterocycles. The monoisotopic (exact) mass is 216 g/mol. The lowest BCUT2D eigenvalue weighted by atomic mass is 10.2. The van der Waals surface area contributed by atoms with Gasteiger partial charge >= 0.3 is 0 Å². The minimum atomic E-state index is 0.322. The third-order valence-corrected chi connectivity index (χ3v) is 1.70. The molecule has 0 radical (unpaired) electrons. The predicted molar refractivity (Wildman–Crippen MR) is 66.4 cm³/mol. The molecule has 1 N–H and O–H groups in total. The number of hydrogen-bond acceptors (Lipinski definition) is 2. The summed E-state index contributed by atoms with van der Waals surface area (Å²) in [5.74, 6) is 0.322. The average molecular weight is 216 g/mol. The first-order valence-electron chi connectivity index (χ1n) is 4.83. The third-order valence-electron chi connectivity index (χ3n) is 1.70. The summed E-state index contributed by atoms with van der Waals surface area (Å²) in [6, 6.07) is 19.0. The van der Waals surface area contributed by atoms with Gasteiger partial charge in [0.15, 0.2) is 0 Å². The van der Waals surface area contributed by atoms with Crippen molar-refractivity contribution >= 4 is 6.79 Å². The number of phenolic OH excluding ortho intramolecular Hbond substituents is 1. The van der Waals surface area contributed by atoms with E-state index < -0.39 is 0 Å². The van der Waals surface area contributed by atoms with Crippen molar-refractivity contribution in [1.82, 2.24) is 0 Å². The Morgan fingerprint density at radius 2 is 1.19 bits per heavy atom. The van der Waals surface area contributed by atoms with Crippen LogP contribution in [0.3, 0.4) is 0 Å². The SMILES string of the molecule is C=O.Cc1ccccc1.Oc1ccccc1. The van der Waals surface area contributed by atoms with Crippen molar-refractivity contribution in [3.63, 3.8) is 0 Å². The van der Waals surface area contributed by atoms with Gasteiger partial charge in [-0.1, -0.05) is 54.1 Å². The lowest BCUT2D eigenvalue weighted by Crippen LogP contribution is -1.62. The highest BCUT2D eigenvalue weighted by Crippen LogP contribution is 2.02. The first-order valence-corrected chi connectivity index (χ1v) is 4.83. The molecule has 0 heterocycles. The molecule has 2 aromatic carbocycles. The van der Waals surface area contributed by atoms with Crippen LogP contribution in [0.2, 0.25) is 0 Å². The van der Waals surface area contributed by atoms with Crippen LogP contribution in [0.1, 0.15) is 5.56 Å². The summed E-state index contributed by atoms with van der Waals surface area (Å²) in [4.78, 5) is 8.00. The number of carbonyl (C=O) groups is 1. The molecule has 84 valence electrons. The van der Waals surface area contributed by atoms with Crippen molar-refractivity contribution in [2.45, 2.75) is 6.92 Å². The summed E-state index contributed by atoms with van der Waals surface area (Å²) in [6.07, 6.45) is 0. The average Bonchev–Trinajstić information content (AvgIpc) is 2.34. The molecule has 16 heavy (non-hydrogen) atoms. The summed E-state index contributed by atoms with van der Waals surface area (Å²) < 4.78 is 0. The fourth-order valence-corrected chi connectivity index (χ4v) is 0.962. The molecule has 2 rings (SSSR count). The van der Waals surface area contributed by atoms with Gasteiger partial charge in [0.2, 0.25) is 0 Å². The fraction of sp³-hybridized carbons (Fsp3) is 0.0714. The third kappa shape index (κ3) is 7.33. The standard InChI is InChI=1S/C7H8.C6H6O.CH2O/c1-7-5-3-2-4-6-7;7-6-4-2-1-3-5-6;1-2/h2-6H,1H3;1-5,7H;1H2. The molecule has 0 saturated heterocycles. The lowest BCUT2D eigenvalue weighted by molar-refractivity contribution is -0.0979. The minimum absolute atomic E-state index is 0.322. The van der Waals surface area contributed by atoms with Gasteiger partial charge in [-0.05, 0) is 19.1 Å². The second kappa shape index (κ2) is 9.46. The predicted octanol–water partition coefficient (Wildman–Crippen LogP) is 3.20. The van der Waals surface area contributed by atoms with Crippen molar-refractivity contribution in [1.29, 1.82) is 0 Å². The maximum atomic E-state index is 8.63. The molecule has 2 heteroatoms. The molecule has 0 atom stereocenters. The Hall–Kier alpha value is -2.09. The highest BCUT2D eigenvalue weighted by molar-refractivity contribution is 5.18. The zero-order chi connectivity index (χ0) is 12.2. The smallest absolute Gasteiger partial charge is 0.115 e. The number of benzene rings is 2. The Bertz CT molecular complexity index is 320. The van der Waals surface area contributed by atoms with Crippen LogP contribution in [0.15, 0.2) is 60.7 Å². The number of carbonyl (C=O) groups excluding carboxylic acids is 1. The van der Waals surface area contributed by atoms with Crippen molar-refractivity contribution in [3.8, 4) is 5.75 Å². The Morgan fingerprint density at radius 3 is 1.38 bits per heavy atom. The number of aromatic hydroxyl groups is 1. The summed E-state index contributed by atoms with van der Waals surface area (Å²) in [5, 5.41) is 8.63. The number of rotatable bonds is 0. The highest BCUT2D eigenvalue weighted by Gasteiger charge is 1.74. The van der Waals surface area contributed by atoms with Gasteiger partial charge < -0.3 is 9.90 Å². The van der Waals surface area contributed by atoms with Gasteiger partial charge in [0.05, 0.1) is 0 Å². The van der Waals surface area contributed by atoms with Crippen LogP contribution in [0.5, 0.6) is 5.75 Å². The lowest BCUT2D eigenvalue weighted by Gasteiger charge is -1.82. The van der Waals surface area contributed by atoms with Gasteiger partial charge in [-0.15, -0.1) is 0 Å². The van der Waals surface area contributed by atoms with Crippen LogP contribution in [-0.2, 0) is 4.79 Å². The maximum Gasteiger partial charge on any atom is 0.115 e. The van der Waals surface area contributed by atoms with Crippen LogP contribution in [0.25, 0.3) is 0 Å². The minimum Gasteiger partial charge on any atom is -0.508 e. The molecule has 0 fully saturated rings. The zero-order valence-electron chi connectivity index (χ0n) is 9.34. The normalized spacial score (nSPS) is 7.81. The van der Waals surface area contributed by atoms with Gasteiger partial charge in [-0.3, -0.25) is 0 Å². The number of aryl methyl sites for hydroxylation is 1. The van der Waals surface area contributed by atoms with E-state index in [0.29, 0.717) is 5.75 Å². The molecule has 0 amide bonds. The number of phenols is 1. The van der Waals surface area contributed by atoms with Gasteiger partial charge in [0, 0.05) is 0 Å². The topological polar surface area (TPSA) is 37.3 Å². The van der Waals surface area contributed by atoms with Crippen LogP contribution >= 0.6 is 0 Å². The number of para-hydroxylation sites is 1. The fourth-order valence-electron chi connectivity index (χ4n) is 0.962. The molecular weight excluding hydrogens is 200 g/mol. The molecule has 0 saturated carbocycles. The van der Waals surface area contributed by atoms with Gasteiger partial charge in [-0.2, -0.15) is 0 Å². The molecule has 0 unspecified atom stereocenters. The van der Waals surface area contributed by atoms with E-state index in [2.05, 4.69) is 19.1 Å². The van der Waals surface area contributed by atoms with E-state index in [4.69, 9.17) is 9.90 Å². The molecule has 0 aliphatic rings. The van der Waals surface area contributed by atoms with Crippen molar-refractivity contribution in [3.05, 3.63) is 66.2 Å². The molecular formula is C14H16O2. The Kier molecular flexibility index (Phi) is 8.23. The van der Waals surface area contributed by atoms with E-state index in [-0.39, 0.29) is 0 Å². The summed E-state index contributed by atoms with van der Waals surface area (Å²) in [7, 11) is 0. The van der Waals surface area contributed by atoms with E-state index in [1.165, 1.54) is 5.56 Å². The van der Waals surface area contributed by atoms with Gasteiger partial charge in [0.25, 0.3) is 0 Å². The second-order valence-electron chi connectivity index (χ2n) is 2.99. The summed E-state index contributed by atoms with van der Waals surface area (Å²) in [5.41, 5.74) is 1.32. The van der Waals surface area contributed by atoms with E-state index >= 15 is 0 Å². The first kappa shape index (κ1) is 13.9. The van der Waals surface area contributed by atoms with Crippen LogP contribution in [0, 0.1) is 6.92 Å². The van der Waals surface area contributed by atoms with Gasteiger partial charge in [0.1, 0.15) is 12.5 Å². The quantitative estimate of drug-likeness (QED) is 0.734. The Balaban J connectivity index is 0.000000244. The maximum absolute atomic E-state index is 8.63. The molecule has 2 nitrogen and oxygen atoms in total. The van der Waals surface area contributed by atoms with E-state index in [1.54, 1.807) is 24.3 Å². The van der Waals surface area contributed by atoms with Crippen LogP contribution in [0.4, 0.5) is 0 Å². The van der Waals surface area contributed by atoms with E-state index in [0.717, 1.165) is 0 Å². The first-order chi connectivity index (χ1) is 7.79. The molecule has 0 aliphatic carbocycles. The summed E-state index contributed by atoms with van der Waals surface area (Å²) >= 11 is 0. The van der Waals surface area contributed by atoms with Crippen LogP contribution < -0.4 is 0 Å². The Labute approximate surface area is 96.2 Å². The van der Waals surface area contributed by atoms with Gasteiger partial charge in [-0.25, -0.2) is 0 Å². The van der Waals surface area contributed by atoms with Crippen molar-refractivity contribution < 1.29 is 9.90 Å². The van der Waals surface area contributed by atoms with Crippen molar-refractivity contribution in [2.75, 3.05) is 0 Å². The molecule has 2 aromatic rings.